The molecule has 0 aliphatic carbocycles. The van der Waals surface area contributed by atoms with Gasteiger partial charge in [0.15, 0.2) is 6.34 Å². The molecule has 2 nitrogen and oxygen atoms in total. The zero-order valence-corrected chi connectivity index (χ0v) is 11.5. The average molecular weight is 258 g/mol. The van der Waals surface area contributed by atoms with Crippen molar-refractivity contribution in [3.63, 3.8) is 0 Å². The highest BCUT2D eigenvalue weighted by Crippen LogP contribution is 2.61. The Balaban J connectivity index is 3.01. The van der Waals surface area contributed by atoms with Gasteiger partial charge in [-0.25, -0.2) is 0 Å². The minimum absolute atomic E-state index is 0.596. The third-order valence-corrected chi connectivity index (χ3v) is 8.37. The molecule has 16 heavy (non-hydrogen) atoms. The molecule has 0 radical (unpaired) electrons. The fourth-order valence-electron chi connectivity index (χ4n) is 1.59. The molecule has 2 unspecified atom stereocenters. The van der Waals surface area contributed by atoms with Gasteiger partial charge in [-0.15, -0.1) is 0 Å². The fourth-order valence-corrected chi connectivity index (χ4v) is 6.62. The molecule has 1 aromatic carbocycles. The summed E-state index contributed by atoms with van der Waals surface area (Å²) in [6, 6.07) is 9.34. The van der Waals surface area contributed by atoms with Crippen LogP contribution in [0, 0.1) is 0 Å². The Labute approximate surface area is 102 Å². The van der Waals surface area contributed by atoms with E-state index >= 15 is 0 Å². The van der Waals surface area contributed by atoms with E-state index in [0.29, 0.717) is 6.42 Å². The van der Waals surface area contributed by atoms with E-state index in [-0.39, 0.29) is 0 Å². The van der Waals surface area contributed by atoms with Crippen LogP contribution in [0.2, 0.25) is 0 Å². The summed E-state index contributed by atoms with van der Waals surface area (Å²) in [5.41, 5.74) is 0. The van der Waals surface area contributed by atoms with Gasteiger partial charge in [-0.2, -0.15) is 0 Å². The molecule has 1 N–H and O–H groups in total. The Kier molecular flexibility index (Phi) is 5.60. The average Bonchev–Trinajstić information content (AvgIpc) is 2.30. The second kappa shape index (κ2) is 6.48. The molecule has 1 rings (SSSR count). The molecule has 0 aliphatic rings. The van der Waals surface area contributed by atoms with E-state index in [1.165, 1.54) is 11.4 Å². The van der Waals surface area contributed by atoms with Gasteiger partial charge in [0.25, 0.3) is 0 Å². The number of aliphatic hydroxyl groups is 1. The van der Waals surface area contributed by atoms with Crippen LogP contribution < -0.4 is 5.30 Å². The molecule has 0 amide bonds. The summed E-state index contributed by atoms with van der Waals surface area (Å²) < 4.78 is 12.8. The molecule has 4 heteroatoms. The van der Waals surface area contributed by atoms with Gasteiger partial charge < -0.3 is 9.67 Å². The van der Waals surface area contributed by atoms with Gasteiger partial charge in [0.2, 0.25) is 0 Å². The Morgan fingerprint density at radius 2 is 1.94 bits per heavy atom. The van der Waals surface area contributed by atoms with Crippen LogP contribution in [0.5, 0.6) is 0 Å². The van der Waals surface area contributed by atoms with Gasteiger partial charge in [0, 0.05) is 5.30 Å². The standard InChI is InChI=1S/C12H19O2PS/c1-3-8-12(13)15(14,16-4-2)11-9-6-5-7-10-11/h5-7,9-10,12-13H,3-4,8H2,1-2H3. The maximum absolute atomic E-state index is 12.8. The third-order valence-electron chi connectivity index (χ3n) is 2.38. The Morgan fingerprint density at radius 1 is 1.31 bits per heavy atom. The van der Waals surface area contributed by atoms with Crippen LogP contribution in [0.3, 0.4) is 0 Å². The second-order valence-electron chi connectivity index (χ2n) is 3.62. The van der Waals surface area contributed by atoms with Crippen molar-refractivity contribution in [2.24, 2.45) is 0 Å². The number of hydrogen-bond donors (Lipinski definition) is 1. The van der Waals surface area contributed by atoms with E-state index in [0.717, 1.165) is 17.5 Å². The topological polar surface area (TPSA) is 37.3 Å². The number of rotatable bonds is 6. The minimum atomic E-state index is -2.71. The largest absolute Gasteiger partial charge is 0.384 e. The number of benzene rings is 1. The highest BCUT2D eigenvalue weighted by atomic mass is 32.7. The monoisotopic (exact) mass is 258 g/mol. The Hall–Kier alpha value is -0.240. The van der Waals surface area contributed by atoms with Crippen LogP contribution in [-0.2, 0) is 4.57 Å². The lowest BCUT2D eigenvalue weighted by molar-refractivity contribution is 0.240. The first-order valence-corrected chi connectivity index (χ1v) is 8.99. The SMILES string of the molecule is CCCC(O)P(=O)(SCC)c1ccccc1. The van der Waals surface area contributed by atoms with E-state index in [4.69, 9.17) is 0 Å². The van der Waals surface area contributed by atoms with Crippen molar-refractivity contribution in [3.05, 3.63) is 30.3 Å². The van der Waals surface area contributed by atoms with Crippen LogP contribution in [0.1, 0.15) is 26.7 Å². The third kappa shape index (κ3) is 3.13. The fraction of sp³-hybridized carbons (Fsp3) is 0.500. The van der Waals surface area contributed by atoms with Crippen LogP contribution in [0.25, 0.3) is 0 Å². The van der Waals surface area contributed by atoms with E-state index < -0.39 is 12.2 Å². The van der Waals surface area contributed by atoms with Crippen LogP contribution in [0.15, 0.2) is 30.3 Å². The molecule has 0 saturated carbocycles. The first-order valence-electron chi connectivity index (χ1n) is 5.63. The van der Waals surface area contributed by atoms with E-state index in [1.54, 1.807) is 0 Å². The molecule has 0 aromatic heterocycles. The maximum atomic E-state index is 12.8. The summed E-state index contributed by atoms with van der Waals surface area (Å²) >= 11 is 1.39. The highest BCUT2D eigenvalue weighted by molar-refractivity contribution is 8.60. The quantitative estimate of drug-likeness (QED) is 0.794. The Morgan fingerprint density at radius 3 is 2.44 bits per heavy atom. The van der Waals surface area contributed by atoms with Crippen molar-refractivity contribution >= 4 is 23.0 Å². The minimum Gasteiger partial charge on any atom is -0.384 e. The molecule has 0 aliphatic heterocycles. The molecular formula is C12H19O2PS. The molecule has 0 heterocycles. The van der Waals surface area contributed by atoms with Crippen molar-refractivity contribution in [2.45, 2.75) is 32.5 Å². The molecule has 0 spiro atoms. The smallest absolute Gasteiger partial charge is 0.194 e. The van der Waals surface area contributed by atoms with E-state index in [1.807, 2.05) is 44.2 Å². The lowest BCUT2D eigenvalue weighted by Gasteiger charge is -2.22. The van der Waals surface area contributed by atoms with Gasteiger partial charge in [0.1, 0.15) is 5.85 Å². The zero-order chi connectivity index (χ0) is 12.0. The van der Waals surface area contributed by atoms with Crippen molar-refractivity contribution in [1.82, 2.24) is 0 Å². The summed E-state index contributed by atoms with van der Waals surface area (Å²) in [4.78, 5) is 0. The first kappa shape index (κ1) is 13.8. The Bertz CT molecular complexity index is 353. The lowest BCUT2D eigenvalue weighted by atomic mass is 10.4. The zero-order valence-electron chi connectivity index (χ0n) is 9.80. The predicted octanol–water partition coefficient (Wildman–Crippen LogP) is 3.46. The van der Waals surface area contributed by atoms with Crippen molar-refractivity contribution in [3.8, 4) is 0 Å². The summed E-state index contributed by atoms with van der Waals surface area (Å²) in [5, 5.41) is 10.8. The molecule has 0 fully saturated rings. The number of hydrogen-bond acceptors (Lipinski definition) is 3. The summed E-state index contributed by atoms with van der Waals surface area (Å²) in [7, 11) is 0. The van der Waals surface area contributed by atoms with Crippen molar-refractivity contribution in [2.75, 3.05) is 5.75 Å². The molecule has 90 valence electrons. The van der Waals surface area contributed by atoms with Crippen LogP contribution in [0.4, 0.5) is 0 Å². The highest BCUT2D eigenvalue weighted by Gasteiger charge is 2.32. The van der Waals surface area contributed by atoms with Crippen LogP contribution >= 0.6 is 17.7 Å². The second-order valence-corrected chi connectivity index (χ2v) is 9.16. The van der Waals surface area contributed by atoms with Crippen LogP contribution in [-0.4, -0.2) is 16.7 Å². The van der Waals surface area contributed by atoms with Crippen molar-refractivity contribution in [1.29, 1.82) is 0 Å². The maximum Gasteiger partial charge on any atom is 0.194 e. The molecular weight excluding hydrogens is 239 g/mol. The number of aliphatic hydroxyl groups excluding tert-OH is 1. The van der Waals surface area contributed by atoms with Gasteiger partial charge in [-0.1, -0.05) is 62.0 Å². The normalized spacial score (nSPS) is 16.7. The van der Waals surface area contributed by atoms with Gasteiger partial charge in [-0.3, -0.25) is 0 Å². The summed E-state index contributed by atoms with van der Waals surface area (Å²) in [5.74, 6) is 0.0392. The molecule has 2 atom stereocenters. The lowest BCUT2D eigenvalue weighted by Crippen LogP contribution is -2.15. The van der Waals surface area contributed by atoms with E-state index in [9.17, 15) is 9.67 Å². The summed E-state index contributed by atoms with van der Waals surface area (Å²) in [6.07, 6.45) is -1.26. The van der Waals surface area contributed by atoms with Gasteiger partial charge >= 0.3 is 0 Å². The van der Waals surface area contributed by atoms with Gasteiger partial charge in [-0.05, 0) is 12.2 Å². The van der Waals surface area contributed by atoms with E-state index in [2.05, 4.69) is 0 Å². The summed E-state index contributed by atoms with van der Waals surface area (Å²) in [6.45, 7) is 3.97. The molecule has 1 aromatic rings. The predicted molar refractivity (Wildman–Crippen MR) is 72.7 cm³/mol. The molecule has 0 saturated heterocycles. The van der Waals surface area contributed by atoms with Crippen molar-refractivity contribution < 1.29 is 9.67 Å². The first-order chi connectivity index (χ1) is 7.65. The molecule has 0 bridgehead atoms. The van der Waals surface area contributed by atoms with Gasteiger partial charge in [0.05, 0.1) is 0 Å².